The normalized spacial score (nSPS) is 23.0. The first kappa shape index (κ1) is 18.2. The molecule has 4 rings (SSSR count). The molecular formula is C20H22N4O4. The molecule has 0 unspecified atom stereocenters. The zero-order chi connectivity index (χ0) is 19.8. The van der Waals surface area contributed by atoms with Gasteiger partial charge < -0.3 is 19.9 Å². The summed E-state index contributed by atoms with van der Waals surface area (Å²) in [5.41, 5.74) is 1.75. The summed E-state index contributed by atoms with van der Waals surface area (Å²) in [5, 5.41) is 12.1. The maximum Gasteiger partial charge on any atom is 0.354 e. The topological polar surface area (TPSA) is 105 Å². The summed E-state index contributed by atoms with van der Waals surface area (Å²) in [5.74, 6) is -0.845. The van der Waals surface area contributed by atoms with Crippen LogP contribution in [0.1, 0.15) is 41.5 Å². The number of nitrogens with zero attached hydrogens (tertiary/aromatic N) is 3. The molecule has 0 radical (unpaired) electrons. The number of carboxylic acid groups (broad SMARTS) is 1. The Morgan fingerprint density at radius 2 is 2.11 bits per heavy atom. The second kappa shape index (κ2) is 7.10. The van der Waals surface area contributed by atoms with Crippen LogP contribution >= 0.6 is 0 Å². The van der Waals surface area contributed by atoms with Crippen molar-refractivity contribution in [2.75, 3.05) is 24.5 Å². The average Bonchev–Trinajstić information content (AvgIpc) is 2.68. The number of amides is 1. The van der Waals surface area contributed by atoms with Crippen molar-refractivity contribution in [3.05, 3.63) is 58.3 Å². The maximum absolute atomic E-state index is 12.6. The number of aromatic nitrogens is 2. The molecule has 3 atom stereocenters. The van der Waals surface area contributed by atoms with Gasteiger partial charge in [-0.2, -0.15) is 0 Å². The van der Waals surface area contributed by atoms with Crippen molar-refractivity contribution in [1.29, 1.82) is 0 Å². The third kappa shape index (κ3) is 3.26. The molecule has 2 N–H and O–H groups in total. The smallest absolute Gasteiger partial charge is 0.354 e. The van der Waals surface area contributed by atoms with Gasteiger partial charge in [0.25, 0.3) is 5.56 Å². The van der Waals surface area contributed by atoms with E-state index >= 15 is 0 Å². The highest BCUT2D eigenvalue weighted by Gasteiger charge is 2.40. The van der Waals surface area contributed by atoms with Crippen LogP contribution in [0.5, 0.6) is 0 Å². The van der Waals surface area contributed by atoms with Gasteiger partial charge in [0.05, 0.1) is 6.04 Å². The van der Waals surface area contributed by atoms with Crippen molar-refractivity contribution >= 4 is 17.6 Å². The van der Waals surface area contributed by atoms with Crippen molar-refractivity contribution < 1.29 is 14.7 Å². The lowest BCUT2D eigenvalue weighted by molar-refractivity contribution is -0.119. The summed E-state index contributed by atoms with van der Waals surface area (Å²) in [6.45, 7) is 3.26. The van der Waals surface area contributed by atoms with E-state index in [1.165, 1.54) is 13.1 Å². The molecule has 2 aromatic heterocycles. The van der Waals surface area contributed by atoms with Gasteiger partial charge in [0.2, 0.25) is 5.91 Å². The lowest BCUT2D eigenvalue weighted by Gasteiger charge is -2.47. The standard InChI is InChI=1S/C20H22N4O4/c1-12(25)22-9-18-14-7-13(17-3-2-4-19(26)24(17)18)10-23(11-14)15-5-6-21-16(8-15)20(27)28/h2-6,8,13-14,18H,7,9-11H2,1H3,(H,22,25)(H,27,28)/t13-,14+,18+/m1/s1. The zero-order valence-corrected chi connectivity index (χ0v) is 15.5. The zero-order valence-electron chi connectivity index (χ0n) is 15.5. The van der Waals surface area contributed by atoms with Gasteiger partial charge in [-0.05, 0) is 30.5 Å². The van der Waals surface area contributed by atoms with Crippen molar-refractivity contribution in [3.63, 3.8) is 0 Å². The first-order valence-electron chi connectivity index (χ1n) is 9.34. The molecule has 4 heterocycles. The minimum absolute atomic E-state index is 0.0136. The lowest BCUT2D eigenvalue weighted by Crippen LogP contribution is -2.52. The molecule has 0 aromatic carbocycles. The van der Waals surface area contributed by atoms with Crippen LogP contribution in [0.3, 0.4) is 0 Å². The van der Waals surface area contributed by atoms with Crippen molar-refractivity contribution in [3.8, 4) is 0 Å². The van der Waals surface area contributed by atoms with Crippen LogP contribution in [0, 0.1) is 5.92 Å². The maximum atomic E-state index is 12.6. The van der Waals surface area contributed by atoms with Gasteiger partial charge in [-0.3, -0.25) is 9.59 Å². The van der Waals surface area contributed by atoms with Gasteiger partial charge in [-0.25, -0.2) is 9.78 Å². The van der Waals surface area contributed by atoms with Crippen molar-refractivity contribution in [2.45, 2.75) is 25.3 Å². The van der Waals surface area contributed by atoms with E-state index in [0.29, 0.717) is 19.6 Å². The number of anilines is 1. The quantitative estimate of drug-likeness (QED) is 0.825. The van der Waals surface area contributed by atoms with Crippen LogP contribution in [0.2, 0.25) is 0 Å². The summed E-state index contributed by atoms with van der Waals surface area (Å²) in [7, 11) is 0. The summed E-state index contributed by atoms with van der Waals surface area (Å²) in [4.78, 5) is 41.4. The van der Waals surface area contributed by atoms with E-state index in [4.69, 9.17) is 0 Å². The number of nitrogens with one attached hydrogen (secondary N) is 1. The van der Waals surface area contributed by atoms with E-state index < -0.39 is 5.97 Å². The number of pyridine rings is 2. The Labute approximate surface area is 161 Å². The molecule has 2 aromatic rings. The predicted molar refractivity (Wildman–Crippen MR) is 103 cm³/mol. The Kier molecular flexibility index (Phi) is 4.62. The predicted octanol–water partition coefficient (Wildman–Crippen LogP) is 1.24. The minimum Gasteiger partial charge on any atom is -0.477 e. The number of rotatable bonds is 4. The number of piperidine rings is 1. The number of fused-ring (bicyclic) bond motifs is 4. The molecule has 0 aliphatic carbocycles. The van der Waals surface area contributed by atoms with Gasteiger partial charge in [0.1, 0.15) is 5.69 Å². The Bertz CT molecular complexity index is 986. The number of carboxylic acids is 1. The monoisotopic (exact) mass is 382 g/mol. The highest BCUT2D eigenvalue weighted by Crippen LogP contribution is 2.42. The van der Waals surface area contributed by atoms with Gasteiger partial charge in [-0.15, -0.1) is 0 Å². The van der Waals surface area contributed by atoms with Crippen LogP contribution in [0.4, 0.5) is 5.69 Å². The third-order valence-corrected chi connectivity index (χ3v) is 5.69. The third-order valence-electron chi connectivity index (χ3n) is 5.69. The first-order chi connectivity index (χ1) is 13.4. The molecule has 146 valence electrons. The fourth-order valence-electron chi connectivity index (χ4n) is 4.50. The van der Waals surface area contributed by atoms with E-state index in [-0.39, 0.29) is 35.0 Å². The molecule has 1 saturated heterocycles. The van der Waals surface area contributed by atoms with Crippen LogP contribution < -0.4 is 15.8 Å². The number of hydrogen-bond donors (Lipinski definition) is 2. The van der Waals surface area contributed by atoms with Crippen LogP contribution in [-0.2, 0) is 4.79 Å². The van der Waals surface area contributed by atoms with Crippen LogP contribution in [-0.4, -0.2) is 46.2 Å². The lowest BCUT2D eigenvalue weighted by atomic mass is 9.78. The fourth-order valence-corrected chi connectivity index (χ4v) is 4.50. The Morgan fingerprint density at radius 1 is 1.29 bits per heavy atom. The fraction of sp³-hybridized carbons (Fsp3) is 0.400. The highest BCUT2D eigenvalue weighted by atomic mass is 16.4. The van der Waals surface area contributed by atoms with E-state index in [1.54, 1.807) is 18.2 Å². The van der Waals surface area contributed by atoms with E-state index in [1.807, 2.05) is 16.7 Å². The Balaban J connectivity index is 1.71. The number of hydrogen-bond acceptors (Lipinski definition) is 5. The summed E-state index contributed by atoms with van der Waals surface area (Å²) < 4.78 is 1.83. The van der Waals surface area contributed by atoms with Crippen LogP contribution in [0.15, 0.2) is 41.3 Å². The molecule has 0 saturated carbocycles. The minimum atomic E-state index is -1.06. The first-order valence-corrected chi connectivity index (χ1v) is 9.34. The van der Waals surface area contributed by atoms with E-state index in [0.717, 1.165) is 17.8 Å². The Morgan fingerprint density at radius 3 is 2.86 bits per heavy atom. The molecule has 8 heteroatoms. The molecule has 1 amide bonds. The Hall–Kier alpha value is -3.16. The van der Waals surface area contributed by atoms with Gasteiger partial charge in [0.15, 0.2) is 0 Å². The summed E-state index contributed by atoms with van der Waals surface area (Å²) in [6.07, 6.45) is 2.44. The molecule has 2 bridgehead atoms. The molecule has 2 aliphatic heterocycles. The molecule has 1 fully saturated rings. The second-order valence-corrected chi connectivity index (χ2v) is 7.47. The number of carbonyl (C=O) groups is 2. The average molecular weight is 382 g/mol. The van der Waals surface area contributed by atoms with E-state index in [2.05, 4.69) is 15.2 Å². The van der Waals surface area contributed by atoms with Gasteiger partial charge in [0, 0.05) is 56.1 Å². The SMILES string of the molecule is CC(=O)NC[C@H]1[C@H]2C[C@H](CN(c3ccnc(C(=O)O)c3)C2)c2cccc(=O)n21. The van der Waals surface area contributed by atoms with Crippen molar-refractivity contribution in [2.24, 2.45) is 5.92 Å². The van der Waals surface area contributed by atoms with Crippen LogP contribution in [0.25, 0.3) is 0 Å². The van der Waals surface area contributed by atoms with Crippen molar-refractivity contribution in [1.82, 2.24) is 14.9 Å². The second-order valence-electron chi connectivity index (χ2n) is 7.47. The van der Waals surface area contributed by atoms with E-state index in [9.17, 15) is 19.5 Å². The van der Waals surface area contributed by atoms with Gasteiger partial charge >= 0.3 is 5.97 Å². The number of carbonyl (C=O) groups excluding carboxylic acids is 1. The number of aromatic carboxylic acids is 1. The molecular weight excluding hydrogens is 360 g/mol. The van der Waals surface area contributed by atoms with Gasteiger partial charge in [-0.1, -0.05) is 6.07 Å². The molecule has 2 aliphatic rings. The largest absolute Gasteiger partial charge is 0.477 e. The molecule has 8 nitrogen and oxygen atoms in total. The molecule has 28 heavy (non-hydrogen) atoms. The summed E-state index contributed by atoms with van der Waals surface area (Å²) in [6, 6.07) is 8.58. The molecule has 0 spiro atoms. The summed E-state index contributed by atoms with van der Waals surface area (Å²) >= 11 is 0. The highest BCUT2D eigenvalue weighted by molar-refractivity contribution is 5.86.